The molecule has 0 N–H and O–H groups in total. The van der Waals surface area contributed by atoms with E-state index < -0.39 is 0 Å². The number of hydrogen-bond donors (Lipinski definition) is 0. The van der Waals surface area contributed by atoms with Crippen molar-refractivity contribution in [1.82, 2.24) is 4.98 Å². The van der Waals surface area contributed by atoms with Crippen molar-refractivity contribution in [3.05, 3.63) is 95.3 Å². The minimum absolute atomic E-state index is 0.285. The Balaban J connectivity index is 1.75. The Labute approximate surface area is 154 Å². The zero-order chi connectivity index (χ0) is 18.4. The second kappa shape index (κ2) is 8.31. The summed E-state index contributed by atoms with van der Waals surface area (Å²) >= 11 is 0. The SMILES string of the molecule is CC(C)C(c1ccc(C#N)cc1)c1ccc(OCc2ccccn2)cc1. The molecule has 0 radical (unpaired) electrons. The van der Waals surface area contributed by atoms with Gasteiger partial charge in [0.1, 0.15) is 12.4 Å². The molecule has 2 aromatic carbocycles. The van der Waals surface area contributed by atoms with Gasteiger partial charge in [-0.15, -0.1) is 0 Å². The molecule has 130 valence electrons. The molecule has 3 heteroatoms. The molecular weight excluding hydrogens is 320 g/mol. The summed E-state index contributed by atoms with van der Waals surface area (Å²) in [6.45, 7) is 4.89. The minimum atomic E-state index is 0.285. The van der Waals surface area contributed by atoms with Crippen molar-refractivity contribution in [2.24, 2.45) is 5.92 Å². The lowest BCUT2D eigenvalue weighted by Gasteiger charge is -2.22. The molecule has 0 saturated carbocycles. The third-order valence-electron chi connectivity index (χ3n) is 4.42. The Kier molecular flexibility index (Phi) is 5.66. The number of benzene rings is 2. The molecule has 0 aliphatic carbocycles. The van der Waals surface area contributed by atoms with Crippen molar-refractivity contribution in [1.29, 1.82) is 5.26 Å². The second-order valence-corrected chi connectivity index (χ2v) is 6.63. The summed E-state index contributed by atoms with van der Waals surface area (Å²) in [6, 6.07) is 24.1. The first-order valence-electron chi connectivity index (χ1n) is 8.80. The van der Waals surface area contributed by atoms with Gasteiger partial charge in [0.2, 0.25) is 0 Å². The van der Waals surface area contributed by atoms with Gasteiger partial charge in [0.15, 0.2) is 0 Å². The van der Waals surface area contributed by atoms with E-state index in [9.17, 15) is 0 Å². The zero-order valence-corrected chi connectivity index (χ0v) is 15.1. The van der Waals surface area contributed by atoms with Crippen molar-refractivity contribution >= 4 is 0 Å². The molecule has 0 aliphatic rings. The molecule has 0 saturated heterocycles. The highest BCUT2D eigenvalue weighted by atomic mass is 16.5. The second-order valence-electron chi connectivity index (χ2n) is 6.63. The molecule has 26 heavy (non-hydrogen) atoms. The highest BCUT2D eigenvalue weighted by Crippen LogP contribution is 2.33. The van der Waals surface area contributed by atoms with Crippen LogP contribution in [0.15, 0.2) is 72.9 Å². The van der Waals surface area contributed by atoms with E-state index in [1.165, 1.54) is 11.1 Å². The Morgan fingerprint density at radius 1 is 0.923 bits per heavy atom. The fourth-order valence-corrected chi connectivity index (χ4v) is 3.14. The summed E-state index contributed by atoms with van der Waals surface area (Å²) in [5, 5.41) is 8.99. The topological polar surface area (TPSA) is 45.9 Å². The molecule has 1 aromatic heterocycles. The van der Waals surface area contributed by atoms with Gasteiger partial charge < -0.3 is 4.74 Å². The largest absolute Gasteiger partial charge is 0.487 e. The monoisotopic (exact) mass is 342 g/mol. The smallest absolute Gasteiger partial charge is 0.130 e. The molecule has 3 nitrogen and oxygen atoms in total. The van der Waals surface area contributed by atoms with Gasteiger partial charge in [-0.05, 0) is 53.4 Å². The molecule has 1 unspecified atom stereocenters. The zero-order valence-electron chi connectivity index (χ0n) is 15.1. The van der Waals surface area contributed by atoms with Crippen LogP contribution in [0.25, 0.3) is 0 Å². The normalized spacial score (nSPS) is 11.8. The van der Waals surface area contributed by atoms with Gasteiger partial charge in [0.05, 0.1) is 17.3 Å². The maximum absolute atomic E-state index is 8.99. The lowest BCUT2D eigenvalue weighted by Crippen LogP contribution is -2.08. The molecule has 1 heterocycles. The molecule has 0 aliphatic heterocycles. The summed E-state index contributed by atoms with van der Waals surface area (Å²) < 4.78 is 5.82. The van der Waals surface area contributed by atoms with E-state index in [1.807, 2.05) is 42.5 Å². The van der Waals surface area contributed by atoms with E-state index in [-0.39, 0.29) is 5.92 Å². The first kappa shape index (κ1) is 17.7. The van der Waals surface area contributed by atoms with E-state index >= 15 is 0 Å². The van der Waals surface area contributed by atoms with Crippen LogP contribution in [0.3, 0.4) is 0 Å². The third-order valence-corrected chi connectivity index (χ3v) is 4.42. The summed E-state index contributed by atoms with van der Waals surface area (Å²) in [4.78, 5) is 4.27. The van der Waals surface area contributed by atoms with E-state index in [0.717, 1.165) is 11.4 Å². The fourth-order valence-electron chi connectivity index (χ4n) is 3.14. The molecule has 3 rings (SSSR count). The molecule has 1 atom stereocenters. The quantitative estimate of drug-likeness (QED) is 0.609. The summed E-state index contributed by atoms with van der Waals surface area (Å²) in [5.41, 5.74) is 4.07. The highest BCUT2D eigenvalue weighted by molar-refractivity contribution is 5.39. The maximum atomic E-state index is 8.99. The number of pyridine rings is 1. The van der Waals surface area contributed by atoms with Crippen LogP contribution in [-0.2, 0) is 6.61 Å². The lowest BCUT2D eigenvalue weighted by molar-refractivity contribution is 0.301. The van der Waals surface area contributed by atoms with Crippen molar-refractivity contribution in [2.75, 3.05) is 0 Å². The number of rotatable bonds is 6. The Morgan fingerprint density at radius 2 is 1.58 bits per heavy atom. The van der Waals surface area contributed by atoms with Crippen LogP contribution < -0.4 is 4.74 Å². The minimum Gasteiger partial charge on any atom is -0.487 e. The van der Waals surface area contributed by atoms with Gasteiger partial charge in [0.25, 0.3) is 0 Å². The van der Waals surface area contributed by atoms with Crippen LogP contribution in [0, 0.1) is 17.2 Å². The van der Waals surface area contributed by atoms with Crippen LogP contribution in [0.1, 0.15) is 42.1 Å². The van der Waals surface area contributed by atoms with Crippen LogP contribution in [0.2, 0.25) is 0 Å². The number of nitriles is 1. The summed E-state index contributed by atoms with van der Waals surface area (Å²) in [7, 11) is 0. The standard InChI is InChI=1S/C23H22N2O/c1-17(2)23(19-8-6-18(15-24)7-9-19)20-10-12-22(13-11-20)26-16-21-5-3-4-14-25-21/h3-14,17,23H,16H2,1-2H3. The maximum Gasteiger partial charge on any atom is 0.130 e. The van der Waals surface area contributed by atoms with Crippen molar-refractivity contribution in [3.63, 3.8) is 0 Å². The summed E-state index contributed by atoms with van der Waals surface area (Å²) in [5.74, 6) is 1.57. The van der Waals surface area contributed by atoms with E-state index in [1.54, 1.807) is 6.20 Å². The summed E-state index contributed by atoms with van der Waals surface area (Å²) in [6.07, 6.45) is 1.77. The predicted molar refractivity (Wildman–Crippen MR) is 103 cm³/mol. The van der Waals surface area contributed by atoms with Gasteiger partial charge in [-0.2, -0.15) is 5.26 Å². The molecule has 3 aromatic rings. The van der Waals surface area contributed by atoms with E-state index in [2.05, 4.69) is 49.2 Å². The number of ether oxygens (including phenoxy) is 1. The molecule has 0 amide bonds. The third kappa shape index (κ3) is 4.29. The lowest BCUT2D eigenvalue weighted by atomic mass is 9.82. The predicted octanol–water partition coefficient (Wildman–Crippen LogP) is 5.32. The van der Waals surface area contributed by atoms with Crippen LogP contribution in [0.5, 0.6) is 5.75 Å². The van der Waals surface area contributed by atoms with Gasteiger partial charge in [0, 0.05) is 12.1 Å². The van der Waals surface area contributed by atoms with Gasteiger partial charge in [-0.3, -0.25) is 4.98 Å². The Hall–Kier alpha value is -3.12. The van der Waals surface area contributed by atoms with Crippen molar-refractivity contribution < 1.29 is 4.74 Å². The number of nitrogens with zero attached hydrogens (tertiary/aromatic N) is 2. The average molecular weight is 342 g/mol. The molecule has 0 bridgehead atoms. The Bertz CT molecular complexity index is 863. The van der Waals surface area contributed by atoms with Crippen LogP contribution in [-0.4, -0.2) is 4.98 Å². The highest BCUT2D eigenvalue weighted by Gasteiger charge is 2.18. The van der Waals surface area contributed by atoms with Crippen molar-refractivity contribution in [3.8, 4) is 11.8 Å². The Morgan fingerprint density at radius 3 is 2.12 bits per heavy atom. The van der Waals surface area contributed by atoms with Gasteiger partial charge >= 0.3 is 0 Å². The fraction of sp³-hybridized carbons (Fsp3) is 0.217. The van der Waals surface area contributed by atoms with E-state index in [4.69, 9.17) is 10.00 Å². The molecular formula is C23H22N2O. The number of aromatic nitrogens is 1. The number of hydrogen-bond acceptors (Lipinski definition) is 3. The first-order chi connectivity index (χ1) is 12.7. The molecule has 0 spiro atoms. The van der Waals surface area contributed by atoms with Crippen LogP contribution in [0.4, 0.5) is 0 Å². The molecule has 0 fully saturated rings. The first-order valence-corrected chi connectivity index (χ1v) is 8.80. The van der Waals surface area contributed by atoms with Crippen molar-refractivity contribution in [2.45, 2.75) is 26.4 Å². The van der Waals surface area contributed by atoms with Crippen LogP contribution >= 0.6 is 0 Å². The van der Waals surface area contributed by atoms with E-state index in [0.29, 0.717) is 18.1 Å². The average Bonchev–Trinajstić information content (AvgIpc) is 2.68. The van der Waals surface area contributed by atoms with Gasteiger partial charge in [-0.1, -0.05) is 44.2 Å². The van der Waals surface area contributed by atoms with Gasteiger partial charge in [-0.25, -0.2) is 0 Å².